The van der Waals surface area contributed by atoms with Crippen LogP contribution in [0.4, 0.5) is 0 Å². The van der Waals surface area contributed by atoms with Gasteiger partial charge in [0.1, 0.15) is 11.9 Å². The van der Waals surface area contributed by atoms with E-state index in [1.54, 1.807) is 44.6 Å². The molecule has 6 nitrogen and oxygen atoms in total. The standard InChI is InChI=1S/C22H26O6/c1-25-20-15-16(10-11-19(24)17-7-3-4-8-18(17)23)12-13-22(20,26-2)28-21-9-5-6-14-27-21/h3-4,7-8,10-13,15,20-21,23H,5-6,9,14H2,1-2H3. The molecule has 2 aliphatic rings. The number of carbonyl (C=O) groups is 1. The fourth-order valence-electron chi connectivity index (χ4n) is 3.29. The molecular weight excluding hydrogens is 360 g/mol. The van der Waals surface area contributed by atoms with Crippen LogP contribution in [0.15, 0.2) is 60.2 Å². The van der Waals surface area contributed by atoms with Gasteiger partial charge in [-0.25, -0.2) is 0 Å². The minimum atomic E-state index is -1.09. The van der Waals surface area contributed by atoms with Crippen molar-refractivity contribution in [2.24, 2.45) is 0 Å². The van der Waals surface area contributed by atoms with Crippen LogP contribution in [0.5, 0.6) is 5.75 Å². The molecule has 3 atom stereocenters. The Morgan fingerprint density at radius 2 is 2.11 bits per heavy atom. The third-order valence-corrected chi connectivity index (χ3v) is 4.87. The smallest absolute Gasteiger partial charge is 0.221 e. The molecule has 1 N–H and O–H groups in total. The van der Waals surface area contributed by atoms with Crippen molar-refractivity contribution in [3.63, 3.8) is 0 Å². The first-order valence-electron chi connectivity index (χ1n) is 9.37. The molecule has 150 valence electrons. The molecule has 0 radical (unpaired) electrons. The number of rotatable bonds is 7. The van der Waals surface area contributed by atoms with E-state index in [-0.39, 0.29) is 23.4 Å². The zero-order valence-electron chi connectivity index (χ0n) is 16.2. The normalized spacial score (nSPS) is 27.7. The van der Waals surface area contributed by atoms with Gasteiger partial charge in [0.05, 0.1) is 5.56 Å². The van der Waals surface area contributed by atoms with E-state index in [1.807, 2.05) is 12.2 Å². The number of ketones is 1. The summed E-state index contributed by atoms with van der Waals surface area (Å²) >= 11 is 0. The van der Waals surface area contributed by atoms with E-state index in [2.05, 4.69) is 0 Å². The lowest BCUT2D eigenvalue weighted by Crippen LogP contribution is -2.49. The van der Waals surface area contributed by atoms with Gasteiger partial charge in [0.15, 0.2) is 12.1 Å². The number of ether oxygens (including phenoxy) is 4. The number of allylic oxidation sites excluding steroid dienone is 4. The SMILES string of the molecule is COC1C=C(C=CC(=O)c2ccccc2O)C=CC1(OC)OC1CCCCO1. The van der Waals surface area contributed by atoms with Crippen LogP contribution in [-0.2, 0) is 18.9 Å². The van der Waals surface area contributed by atoms with Gasteiger partial charge in [0, 0.05) is 20.8 Å². The summed E-state index contributed by atoms with van der Waals surface area (Å²) in [5, 5.41) is 9.81. The highest BCUT2D eigenvalue weighted by atomic mass is 16.8. The molecular formula is C22H26O6. The van der Waals surface area contributed by atoms with Crippen molar-refractivity contribution >= 4 is 5.78 Å². The second kappa shape index (κ2) is 9.30. The van der Waals surface area contributed by atoms with Crippen molar-refractivity contribution < 1.29 is 28.8 Å². The van der Waals surface area contributed by atoms with E-state index in [0.717, 1.165) is 24.8 Å². The maximum Gasteiger partial charge on any atom is 0.221 e. The Hall–Kier alpha value is -2.25. The molecule has 1 fully saturated rings. The van der Waals surface area contributed by atoms with Crippen LogP contribution in [0, 0.1) is 0 Å². The molecule has 1 saturated heterocycles. The summed E-state index contributed by atoms with van der Waals surface area (Å²) in [6, 6.07) is 6.45. The number of carbonyl (C=O) groups excluding carboxylic acids is 1. The lowest BCUT2D eigenvalue weighted by atomic mass is 9.97. The lowest BCUT2D eigenvalue weighted by molar-refractivity contribution is -0.311. The van der Waals surface area contributed by atoms with E-state index in [0.29, 0.717) is 6.61 Å². The van der Waals surface area contributed by atoms with Crippen molar-refractivity contribution in [3.05, 3.63) is 65.8 Å². The minimum absolute atomic E-state index is 0.0423. The summed E-state index contributed by atoms with van der Waals surface area (Å²) in [5.74, 6) is -1.41. The molecule has 0 saturated carbocycles. The van der Waals surface area contributed by atoms with E-state index in [1.165, 1.54) is 12.1 Å². The quantitative estimate of drug-likeness (QED) is 0.439. The first-order chi connectivity index (χ1) is 13.6. The zero-order chi connectivity index (χ0) is 20.0. The largest absolute Gasteiger partial charge is 0.507 e. The van der Waals surface area contributed by atoms with Crippen molar-refractivity contribution in [1.82, 2.24) is 0 Å². The van der Waals surface area contributed by atoms with Crippen molar-refractivity contribution in [2.45, 2.75) is 37.4 Å². The van der Waals surface area contributed by atoms with Crippen molar-refractivity contribution in [1.29, 1.82) is 0 Å². The second-order valence-corrected chi connectivity index (χ2v) is 6.71. The Kier molecular flexibility index (Phi) is 6.80. The van der Waals surface area contributed by atoms with Gasteiger partial charge in [-0.3, -0.25) is 4.79 Å². The third-order valence-electron chi connectivity index (χ3n) is 4.87. The summed E-state index contributed by atoms with van der Waals surface area (Å²) in [4.78, 5) is 12.3. The first kappa shape index (κ1) is 20.5. The number of hydrogen-bond acceptors (Lipinski definition) is 6. The Morgan fingerprint density at radius 1 is 1.29 bits per heavy atom. The van der Waals surface area contributed by atoms with Crippen LogP contribution in [-0.4, -0.2) is 49.9 Å². The highest BCUT2D eigenvalue weighted by Gasteiger charge is 2.42. The van der Waals surface area contributed by atoms with E-state index in [9.17, 15) is 9.90 Å². The Bertz CT molecular complexity index is 775. The average Bonchev–Trinajstić information content (AvgIpc) is 2.73. The molecule has 3 unspecified atom stereocenters. The van der Waals surface area contributed by atoms with Crippen LogP contribution < -0.4 is 0 Å². The maximum absolute atomic E-state index is 12.3. The summed E-state index contributed by atoms with van der Waals surface area (Å²) in [6.45, 7) is 0.671. The van der Waals surface area contributed by atoms with Crippen molar-refractivity contribution in [2.75, 3.05) is 20.8 Å². The fourth-order valence-corrected chi connectivity index (χ4v) is 3.29. The summed E-state index contributed by atoms with van der Waals surface area (Å²) in [5.41, 5.74) is 1.03. The number of aromatic hydroxyl groups is 1. The number of phenols is 1. The molecule has 0 spiro atoms. The van der Waals surface area contributed by atoms with Crippen LogP contribution in [0.3, 0.4) is 0 Å². The highest BCUT2D eigenvalue weighted by Crippen LogP contribution is 2.32. The number of phenolic OH excluding ortho intramolecular Hbond substituents is 1. The fraction of sp³-hybridized carbons (Fsp3) is 0.409. The van der Waals surface area contributed by atoms with Crippen molar-refractivity contribution in [3.8, 4) is 5.75 Å². The van der Waals surface area contributed by atoms with Gasteiger partial charge in [-0.2, -0.15) is 0 Å². The van der Waals surface area contributed by atoms with Gasteiger partial charge in [-0.15, -0.1) is 0 Å². The molecule has 1 aliphatic heterocycles. The predicted octanol–water partition coefficient (Wildman–Crippen LogP) is 3.53. The number of methoxy groups -OCH3 is 2. The zero-order valence-corrected chi connectivity index (χ0v) is 16.2. The molecule has 28 heavy (non-hydrogen) atoms. The molecule has 1 heterocycles. The predicted molar refractivity (Wildman–Crippen MR) is 104 cm³/mol. The van der Waals surface area contributed by atoms with Gasteiger partial charge in [-0.05, 0) is 55.2 Å². The topological polar surface area (TPSA) is 74.2 Å². The van der Waals surface area contributed by atoms with Gasteiger partial charge >= 0.3 is 0 Å². The summed E-state index contributed by atoms with van der Waals surface area (Å²) < 4.78 is 23.0. The monoisotopic (exact) mass is 386 g/mol. The lowest BCUT2D eigenvalue weighted by Gasteiger charge is -2.40. The van der Waals surface area contributed by atoms with Gasteiger partial charge in [-0.1, -0.05) is 24.3 Å². The van der Waals surface area contributed by atoms with Crippen LogP contribution in [0.25, 0.3) is 0 Å². The van der Waals surface area contributed by atoms with E-state index in [4.69, 9.17) is 18.9 Å². The highest BCUT2D eigenvalue weighted by molar-refractivity contribution is 6.06. The Labute approximate surface area is 165 Å². The number of benzene rings is 1. The molecule has 1 aromatic rings. The summed E-state index contributed by atoms with van der Waals surface area (Å²) in [6.07, 6.45) is 10.6. The van der Waals surface area contributed by atoms with Crippen LogP contribution >= 0.6 is 0 Å². The molecule has 0 amide bonds. The minimum Gasteiger partial charge on any atom is -0.507 e. The first-order valence-corrected chi connectivity index (χ1v) is 9.37. The average molecular weight is 386 g/mol. The molecule has 6 heteroatoms. The third kappa shape index (κ3) is 4.59. The molecule has 1 aliphatic carbocycles. The maximum atomic E-state index is 12.3. The number of para-hydroxylation sites is 1. The van der Waals surface area contributed by atoms with Gasteiger partial charge < -0.3 is 24.1 Å². The van der Waals surface area contributed by atoms with Crippen LogP contribution in [0.2, 0.25) is 0 Å². The van der Waals surface area contributed by atoms with Gasteiger partial charge in [0.2, 0.25) is 5.79 Å². The van der Waals surface area contributed by atoms with Gasteiger partial charge in [0.25, 0.3) is 0 Å². The van der Waals surface area contributed by atoms with E-state index < -0.39 is 11.9 Å². The summed E-state index contributed by atoms with van der Waals surface area (Å²) in [7, 11) is 3.14. The second-order valence-electron chi connectivity index (χ2n) is 6.71. The Balaban J connectivity index is 1.73. The van der Waals surface area contributed by atoms with Crippen LogP contribution in [0.1, 0.15) is 29.6 Å². The molecule has 0 bridgehead atoms. The molecule has 0 aromatic heterocycles. The van der Waals surface area contributed by atoms with E-state index >= 15 is 0 Å². The molecule has 3 rings (SSSR count). The Morgan fingerprint density at radius 3 is 2.79 bits per heavy atom. The number of hydrogen-bond donors (Lipinski definition) is 1. The molecule has 1 aromatic carbocycles.